The van der Waals surface area contributed by atoms with E-state index in [9.17, 15) is 9.59 Å². The number of carbonyl (C=O) groups excluding carboxylic acids is 2. The minimum Gasteiger partial charge on any atom is -0.367 e. The molecule has 0 saturated carbocycles. The average Bonchev–Trinajstić information content (AvgIpc) is 2.56. The Kier molecular flexibility index (Phi) is 4.73. The summed E-state index contributed by atoms with van der Waals surface area (Å²) < 4.78 is 0. The monoisotopic (exact) mass is 317 g/mol. The van der Waals surface area contributed by atoms with Crippen LogP contribution in [-0.4, -0.2) is 52.4 Å². The predicted octanol–water partition coefficient (Wildman–Crippen LogP) is 0.714. The molecule has 0 bridgehead atoms. The van der Waals surface area contributed by atoms with Gasteiger partial charge in [-0.3, -0.25) is 9.59 Å². The van der Waals surface area contributed by atoms with Crippen molar-refractivity contribution in [3.8, 4) is 0 Å². The molecule has 0 radical (unpaired) electrons. The van der Waals surface area contributed by atoms with Gasteiger partial charge in [-0.15, -0.1) is 0 Å². The van der Waals surface area contributed by atoms with Gasteiger partial charge >= 0.3 is 0 Å². The number of amides is 2. The number of nitrogens with zero attached hydrogens (tertiary/aromatic N) is 3. The number of nitrogens with one attached hydrogen (secondary N) is 2. The van der Waals surface area contributed by atoms with Crippen molar-refractivity contribution in [1.29, 1.82) is 0 Å². The molecule has 2 N–H and O–H groups in total. The maximum Gasteiger partial charge on any atom is 0.227 e. The second kappa shape index (κ2) is 6.93. The third kappa shape index (κ3) is 3.97. The van der Waals surface area contributed by atoms with Gasteiger partial charge < -0.3 is 15.5 Å². The third-order valence-corrected chi connectivity index (χ3v) is 4.58. The van der Waals surface area contributed by atoms with E-state index in [1.54, 1.807) is 6.33 Å². The van der Waals surface area contributed by atoms with Crippen molar-refractivity contribution in [3.05, 3.63) is 18.1 Å². The molecule has 0 aliphatic carbocycles. The second-order valence-corrected chi connectivity index (χ2v) is 6.33. The Balaban J connectivity index is 1.48. The van der Waals surface area contributed by atoms with E-state index in [1.165, 1.54) is 0 Å². The summed E-state index contributed by atoms with van der Waals surface area (Å²) in [5, 5.41) is 6.21. The second-order valence-electron chi connectivity index (χ2n) is 6.33. The van der Waals surface area contributed by atoms with Crippen LogP contribution in [0.15, 0.2) is 12.4 Å². The Hall–Kier alpha value is -2.18. The summed E-state index contributed by atoms with van der Waals surface area (Å²) in [4.78, 5) is 33.9. The van der Waals surface area contributed by atoms with Crippen molar-refractivity contribution < 1.29 is 9.59 Å². The lowest BCUT2D eigenvalue weighted by atomic mass is 9.96. The first kappa shape index (κ1) is 15.7. The SMILES string of the molecule is Cc1cc(NC2CCN(C(=O)C3CCC(=O)NC3)CC2)ncn1. The number of carbonyl (C=O) groups is 2. The molecule has 2 aliphatic heterocycles. The molecule has 7 heteroatoms. The van der Waals surface area contributed by atoms with Crippen LogP contribution in [-0.2, 0) is 9.59 Å². The van der Waals surface area contributed by atoms with Crippen LogP contribution in [0.3, 0.4) is 0 Å². The zero-order valence-electron chi connectivity index (χ0n) is 13.4. The lowest BCUT2D eigenvalue weighted by Crippen LogP contribution is -2.48. The van der Waals surface area contributed by atoms with Crippen molar-refractivity contribution in [2.45, 2.75) is 38.6 Å². The predicted molar refractivity (Wildman–Crippen MR) is 85.7 cm³/mol. The summed E-state index contributed by atoms with van der Waals surface area (Å²) in [6, 6.07) is 2.27. The van der Waals surface area contributed by atoms with Crippen LogP contribution in [0.2, 0.25) is 0 Å². The first-order valence-electron chi connectivity index (χ1n) is 8.22. The summed E-state index contributed by atoms with van der Waals surface area (Å²) in [5.74, 6) is 1.03. The molecule has 124 valence electrons. The Labute approximate surface area is 135 Å². The Bertz CT molecular complexity index is 574. The summed E-state index contributed by atoms with van der Waals surface area (Å²) in [5.41, 5.74) is 0.939. The van der Waals surface area contributed by atoms with Crippen LogP contribution in [0.25, 0.3) is 0 Å². The average molecular weight is 317 g/mol. The maximum atomic E-state index is 12.5. The Morgan fingerprint density at radius 2 is 2.09 bits per heavy atom. The van der Waals surface area contributed by atoms with Gasteiger partial charge in [0.25, 0.3) is 0 Å². The van der Waals surface area contributed by atoms with Crippen LogP contribution in [0, 0.1) is 12.8 Å². The number of hydrogen-bond donors (Lipinski definition) is 2. The van der Waals surface area contributed by atoms with E-state index in [0.29, 0.717) is 25.4 Å². The molecule has 0 spiro atoms. The van der Waals surface area contributed by atoms with Crippen molar-refractivity contribution >= 4 is 17.6 Å². The van der Waals surface area contributed by atoms with Crippen molar-refractivity contribution in [2.24, 2.45) is 5.92 Å². The van der Waals surface area contributed by atoms with Crippen molar-refractivity contribution in [1.82, 2.24) is 20.2 Å². The molecule has 23 heavy (non-hydrogen) atoms. The van der Waals surface area contributed by atoms with Gasteiger partial charge in [0.2, 0.25) is 11.8 Å². The summed E-state index contributed by atoms with van der Waals surface area (Å²) >= 11 is 0. The molecule has 0 aromatic carbocycles. The zero-order valence-corrected chi connectivity index (χ0v) is 13.4. The molecule has 7 nitrogen and oxygen atoms in total. The number of hydrogen-bond acceptors (Lipinski definition) is 5. The number of aromatic nitrogens is 2. The van der Waals surface area contributed by atoms with Crippen LogP contribution in [0.1, 0.15) is 31.4 Å². The summed E-state index contributed by atoms with van der Waals surface area (Å²) in [7, 11) is 0. The van der Waals surface area contributed by atoms with Gasteiger partial charge in [0.05, 0.1) is 5.92 Å². The fourth-order valence-corrected chi connectivity index (χ4v) is 3.19. The van der Waals surface area contributed by atoms with E-state index in [4.69, 9.17) is 0 Å². The van der Waals surface area contributed by atoms with E-state index in [1.807, 2.05) is 17.9 Å². The standard InChI is InChI=1S/C16H23N5O2/c1-11-8-14(19-10-18-11)20-13-4-6-21(7-5-13)16(23)12-2-3-15(22)17-9-12/h8,10,12-13H,2-7,9H2,1H3,(H,17,22)(H,18,19,20). The first-order valence-corrected chi connectivity index (χ1v) is 8.22. The van der Waals surface area contributed by atoms with Gasteiger partial charge in [0.1, 0.15) is 12.1 Å². The Morgan fingerprint density at radius 1 is 1.30 bits per heavy atom. The van der Waals surface area contributed by atoms with Gasteiger partial charge in [-0.25, -0.2) is 9.97 Å². The number of piperidine rings is 2. The van der Waals surface area contributed by atoms with E-state index in [-0.39, 0.29) is 17.7 Å². The quantitative estimate of drug-likeness (QED) is 0.857. The molecule has 1 unspecified atom stereocenters. The molecule has 1 aromatic rings. The highest BCUT2D eigenvalue weighted by molar-refractivity contribution is 5.83. The number of anilines is 1. The van der Waals surface area contributed by atoms with Gasteiger partial charge in [-0.2, -0.15) is 0 Å². The first-order chi connectivity index (χ1) is 11.1. The van der Waals surface area contributed by atoms with Gasteiger partial charge in [0.15, 0.2) is 0 Å². The number of aryl methyl sites for hydroxylation is 1. The molecule has 3 rings (SSSR count). The highest BCUT2D eigenvalue weighted by Crippen LogP contribution is 2.20. The Morgan fingerprint density at radius 3 is 2.74 bits per heavy atom. The summed E-state index contributed by atoms with van der Waals surface area (Å²) in [6.07, 6.45) is 4.51. The van der Waals surface area contributed by atoms with Gasteiger partial charge in [-0.05, 0) is 26.2 Å². The van der Waals surface area contributed by atoms with Crippen LogP contribution < -0.4 is 10.6 Å². The highest BCUT2D eigenvalue weighted by atomic mass is 16.2. The molecule has 2 amide bonds. The fourth-order valence-electron chi connectivity index (χ4n) is 3.19. The molecular formula is C16H23N5O2. The minimum atomic E-state index is -0.0540. The van der Waals surface area contributed by atoms with E-state index in [2.05, 4.69) is 20.6 Å². The minimum absolute atomic E-state index is 0.0529. The maximum absolute atomic E-state index is 12.5. The highest BCUT2D eigenvalue weighted by Gasteiger charge is 2.30. The third-order valence-electron chi connectivity index (χ3n) is 4.58. The molecule has 3 heterocycles. The van der Waals surface area contributed by atoms with E-state index in [0.717, 1.165) is 37.4 Å². The number of rotatable bonds is 3. The van der Waals surface area contributed by atoms with Crippen LogP contribution in [0.4, 0.5) is 5.82 Å². The largest absolute Gasteiger partial charge is 0.367 e. The molecule has 2 aliphatic rings. The van der Waals surface area contributed by atoms with Gasteiger partial charge in [-0.1, -0.05) is 0 Å². The molecule has 1 atom stereocenters. The lowest BCUT2D eigenvalue weighted by Gasteiger charge is -2.35. The number of likely N-dealkylation sites (tertiary alicyclic amines) is 1. The van der Waals surface area contributed by atoms with E-state index >= 15 is 0 Å². The van der Waals surface area contributed by atoms with Crippen LogP contribution >= 0.6 is 0 Å². The van der Waals surface area contributed by atoms with E-state index < -0.39 is 0 Å². The van der Waals surface area contributed by atoms with Crippen LogP contribution in [0.5, 0.6) is 0 Å². The smallest absolute Gasteiger partial charge is 0.227 e. The molecule has 2 saturated heterocycles. The van der Waals surface area contributed by atoms with Crippen molar-refractivity contribution in [3.63, 3.8) is 0 Å². The topological polar surface area (TPSA) is 87.2 Å². The fraction of sp³-hybridized carbons (Fsp3) is 0.625. The molecule has 2 fully saturated rings. The molecular weight excluding hydrogens is 294 g/mol. The zero-order chi connectivity index (χ0) is 16.2. The summed E-state index contributed by atoms with van der Waals surface area (Å²) in [6.45, 7) is 3.93. The lowest BCUT2D eigenvalue weighted by molar-refractivity contribution is -0.138. The van der Waals surface area contributed by atoms with Crippen molar-refractivity contribution in [2.75, 3.05) is 25.0 Å². The molecule has 1 aromatic heterocycles. The normalized spacial score (nSPS) is 22.6. The van der Waals surface area contributed by atoms with Gasteiger partial charge in [0, 0.05) is 43.9 Å².